The number of rotatable bonds is 5. The molecule has 0 saturated heterocycles. The maximum Gasteiger partial charge on any atom is 0.239 e. The number of amides is 1. The fourth-order valence-electron chi connectivity index (χ4n) is 1.97. The van der Waals surface area contributed by atoms with Gasteiger partial charge in [0.05, 0.1) is 6.04 Å². The number of carbonyl (C=O) groups excluding carboxylic acids is 1. The molecule has 0 aromatic rings. The van der Waals surface area contributed by atoms with Gasteiger partial charge in [0.25, 0.3) is 0 Å². The minimum absolute atomic E-state index is 0. The van der Waals surface area contributed by atoms with E-state index in [0.717, 1.165) is 12.8 Å². The number of halogens is 1. The van der Waals surface area contributed by atoms with Crippen molar-refractivity contribution in [1.82, 2.24) is 4.90 Å². The van der Waals surface area contributed by atoms with Crippen molar-refractivity contribution >= 4 is 18.3 Å². The molecular formula is C12H25ClN2O. The molecule has 2 atom stereocenters. The largest absolute Gasteiger partial charge is 0.341 e. The molecule has 1 saturated carbocycles. The molecule has 3 nitrogen and oxygen atoms in total. The Labute approximate surface area is 105 Å². The number of nitrogens with two attached hydrogens (primary N) is 1. The minimum atomic E-state index is -0.315. The van der Waals surface area contributed by atoms with E-state index in [9.17, 15) is 4.79 Å². The van der Waals surface area contributed by atoms with Gasteiger partial charge in [-0.1, -0.05) is 20.3 Å². The second kappa shape index (κ2) is 5.87. The Hall–Kier alpha value is -0.280. The Kier molecular flexibility index (Phi) is 5.77. The van der Waals surface area contributed by atoms with Gasteiger partial charge in [0, 0.05) is 13.1 Å². The fraction of sp³-hybridized carbons (Fsp3) is 0.917. The third kappa shape index (κ3) is 3.36. The van der Waals surface area contributed by atoms with Crippen LogP contribution in [0.25, 0.3) is 0 Å². The Balaban J connectivity index is 0.00000225. The second-order valence-corrected chi connectivity index (χ2v) is 5.17. The van der Waals surface area contributed by atoms with Crippen LogP contribution in [0.15, 0.2) is 0 Å². The van der Waals surface area contributed by atoms with Crippen LogP contribution in [0.5, 0.6) is 0 Å². The van der Waals surface area contributed by atoms with Crippen molar-refractivity contribution in [3.8, 4) is 0 Å². The number of likely N-dealkylation sites (N-methyl/N-ethyl adjacent to an activating group) is 1. The van der Waals surface area contributed by atoms with Crippen molar-refractivity contribution in [3.63, 3.8) is 0 Å². The molecule has 2 unspecified atom stereocenters. The normalized spacial score (nSPS) is 20.6. The predicted octanol–water partition coefficient (Wildman–Crippen LogP) is 2.18. The van der Waals surface area contributed by atoms with Crippen LogP contribution < -0.4 is 5.73 Å². The highest BCUT2D eigenvalue weighted by molar-refractivity contribution is 5.85. The molecule has 0 bridgehead atoms. The van der Waals surface area contributed by atoms with E-state index in [-0.39, 0.29) is 24.4 Å². The van der Waals surface area contributed by atoms with Gasteiger partial charge in [0.1, 0.15) is 0 Å². The summed E-state index contributed by atoms with van der Waals surface area (Å²) in [5.41, 5.74) is 6.18. The average Bonchev–Trinajstić information content (AvgIpc) is 2.95. The Morgan fingerprint density at radius 2 is 2.00 bits per heavy atom. The van der Waals surface area contributed by atoms with E-state index in [4.69, 9.17) is 5.73 Å². The highest BCUT2D eigenvalue weighted by Gasteiger charge is 2.45. The summed E-state index contributed by atoms with van der Waals surface area (Å²) in [7, 11) is 1.88. The first kappa shape index (κ1) is 15.7. The molecular weight excluding hydrogens is 224 g/mol. The predicted molar refractivity (Wildman–Crippen MR) is 69.7 cm³/mol. The topological polar surface area (TPSA) is 46.3 Å². The van der Waals surface area contributed by atoms with Crippen LogP contribution in [-0.2, 0) is 4.79 Å². The summed E-state index contributed by atoms with van der Waals surface area (Å²) in [4.78, 5) is 13.8. The summed E-state index contributed by atoms with van der Waals surface area (Å²) in [5, 5.41) is 0. The van der Waals surface area contributed by atoms with Gasteiger partial charge in [0.2, 0.25) is 5.91 Å². The molecule has 0 radical (unpaired) electrons. The quantitative estimate of drug-likeness (QED) is 0.811. The lowest BCUT2D eigenvalue weighted by molar-refractivity contribution is -0.134. The molecule has 2 N–H and O–H groups in total. The first-order valence-electron chi connectivity index (χ1n) is 5.94. The summed E-state index contributed by atoms with van der Waals surface area (Å²) in [6, 6.07) is -0.00212. The molecule has 1 aliphatic carbocycles. The van der Waals surface area contributed by atoms with Gasteiger partial charge in [0.15, 0.2) is 0 Å². The monoisotopic (exact) mass is 248 g/mol. The summed E-state index contributed by atoms with van der Waals surface area (Å²) < 4.78 is 0. The SMILES string of the molecule is CCCC(N)C(=O)N(C)C(C)C1(C)CC1.Cl. The highest BCUT2D eigenvalue weighted by atomic mass is 35.5. The van der Waals surface area contributed by atoms with Gasteiger partial charge in [-0.05, 0) is 31.6 Å². The highest BCUT2D eigenvalue weighted by Crippen LogP contribution is 2.49. The first-order valence-corrected chi connectivity index (χ1v) is 5.94. The fourth-order valence-corrected chi connectivity index (χ4v) is 1.97. The molecule has 0 aromatic heterocycles. The Morgan fingerprint density at radius 1 is 1.50 bits per heavy atom. The van der Waals surface area contributed by atoms with Gasteiger partial charge in [-0.3, -0.25) is 4.79 Å². The summed E-state index contributed by atoms with van der Waals surface area (Å²) in [6.45, 7) is 6.43. The lowest BCUT2D eigenvalue weighted by Gasteiger charge is -2.31. The van der Waals surface area contributed by atoms with E-state index >= 15 is 0 Å². The second-order valence-electron chi connectivity index (χ2n) is 5.17. The number of nitrogens with zero attached hydrogens (tertiary/aromatic N) is 1. The molecule has 0 aromatic carbocycles. The smallest absolute Gasteiger partial charge is 0.239 e. The van der Waals surface area contributed by atoms with Gasteiger partial charge >= 0.3 is 0 Å². The van der Waals surface area contributed by atoms with E-state index in [2.05, 4.69) is 20.8 Å². The molecule has 1 fully saturated rings. The van der Waals surface area contributed by atoms with Crippen LogP contribution in [-0.4, -0.2) is 29.9 Å². The minimum Gasteiger partial charge on any atom is -0.341 e. The standard InChI is InChI=1S/C12H24N2O.ClH/c1-5-6-10(13)11(15)14(4)9(2)12(3)7-8-12;/h9-10H,5-8,13H2,1-4H3;1H. The molecule has 1 amide bonds. The first-order chi connectivity index (χ1) is 6.92. The van der Waals surface area contributed by atoms with Crippen LogP contribution in [0.3, 0.4) is 0 Å². The van der Waals surface area contributed by atoms with Gasteiger partial charge in [-0.25, -0.2) is 0 Å². The van der Waals surface area contributed by atoms with Crippen molar-refractivity contribution in [1.29, 1.82) is 0 Å². The molecule has 1 aliphatic rings. The van der Waals surface area contributed by atoms with Crippen LogP contribution in [0.2, 0.25) is 0 Å². The van der Waals surface area contributed by atoms with Gasteiger partial charge in [-0.2, -0.15) is 0 Å². The van der Waals surface area contributed by atoms with Crippen molar-refractivity contribution in [2.45, 2.75) is 58.5 Å². The molecule has 16 heavy (non-hydrogen) atoms. The van der Waals surface area contributed by atoms with E-state index < -0.39 is 0 Å². The number of carbonyl (C=O) groups is 1. The summed E-state index contributed by atoms with van der Waals surface area (Å²) >= 11 is 0. The third-order valence-electron chi connectivity index (χ3n) is 3.89. The molecule has 1 rings (SSSR count). The average molecular weight is 249 g/mol. The van der Waals surface area contributed by atoms with Crippen molar-refractivity contribution in [2.24, 2.45) is 11.1 Å². The zero-order valence-corrected chi connectivity index (χ0v) is 11.6. The number of hydrogen-bond acceptors (Lipinski definition) is 2. The third-order valence-corrected chi connectivity index (χ3v) is 3.89. The molecule has 0 aliphatic heterocycles. The van der Waals surface area contributed by atoms with E-state index in [1.54, 1.807) is 0 Å². The lowest BCUT2D eigenvalue weighted by atomic mass is 9.98. The zero-order valence-electron chi connectivity index (χ0n) is 10.8. The summed E-state index contributed by atoms with van der Waals surface area (Å²) in [6.07, 6.45) is 4.21. The van der Waals surface area contributed by atoms with Gasteiger partial charge in [-0.15, -0.1) is 12.4 Å². The maximum absolute atomic E-state index is 11.9. The van der Waals surface area contributed by atoms with Crippen molar-refractivity contribution < 1.29 is 4.79 Å². The van der Waals surface area contributed by atoms with E-state index in [1.807, 2.05) is 11.9 Å². The molecule has 96 valence electrons. The van der Waals surface area contributed by atoms with Crippen LogP contribution in [0.4, 0.5) is 0 Å². The van der Waals surface area contributed by atoms with Crippen molar-refractivity contribution in [2.75, 3.05) is 7.05 Å². The molecule has 0 heterocycles. The van der Waals surface area contributed by atoms with E-state index in [0.29, 0.717) is 11.5 Å². The Bertz CT molecular complexity index is 241. The van der Waals surface area contributed by atoms with Crippen LogP contribution >= 0.6 is 12.4 Å². The molecule has 0 spiro atoms. The van der Waals surface area contributed by atoms with E-state index in [1.165, 1.54) is 12.8 Å². The lowest BCUT2D eigenvalue weighted by Crippen LogP contribution is -2.48. The number of hydrogen-bond donors (Lipinski definition) is 1. The molecule has 4 heteroatoms. The van der Waals surface area contributed by atoms with Crippen LogP contribution in [0, 0.1) is 5.41 Å². The van der Waals surface area contributed by atoms with Crippen molar-refractivity contribution in [3.05, 3.63) is 0 Å². The van der Waals surface area contributed by atoms with Crippen LogP contribution in [0.1, 0.15) is 46.5 Å². The maximum atomic E-state index is 11.9. The van der Waals surface area contributed by atoms with Gasteiger partial charge < -0.3 is 10.6 Å². The Morgan fingerprint density at radius 3 is 2.38 bits per heavy atom. The summed E-state index contributed by atoms with van der Waals surface area (Å²) in [5.74, 6) is 0.0949. The zero-order chi connectivity index (χ0) is 11.6.